The number of hydrogen-bond donors (Lipinski definition) is 0. The summed E-state index contributed by atoms with van der Waals surface area (Å²) in [6.07, 6.45) is 3.45. The van der Waals surface area contributed by atoms with E-state index in [1.165, 1.54) is 12.2 Å². The molecule has 0 radical (unpaired) electrons. The molecule has 0 amide bonds. The first-order valence-electron chi connectivity index (χ1n) is 6.58. The molecule has 1 unspecified atom stereocenters. The van der Waals surface area contributed by atoms with Gasteiger partial charge in [-0.05, 0) is 26.2 Å². The van der Waals surface area contributed by atoms with Crippen molar-refractivity contribution in [2.45, 2.75) is 26.2 Å². The molecule has 0 heterocycles. The van der Waals surface area contributed by atoms with Crippen molar-refractivity contribution in [3.05, 3.63) is 24.3 Å². The molecule has 1 rings (SSSR count). The van der Waals surface area contributed by atoms with Crippen LogP contribution in [-0.4, -0.2) is 37.2 Å². The van der Waals surface area contributed by atoms with Crippen molar-refractivity contribution >= 4 is 23.5 Å². The Hall–Kier alpha value is -2.24. The number of carbonyl (C=O) groups excluding carboxylic acids is 4. The van der Waals surface area contributed by atoms with E-state index in [9.17, 15) is 19.2 Å². The van der Waals surface area contributed by atoms with E-state index in [4.69, 9.17) is 4.74 Å². The Morgan fingerprint density at radius 3 is 2.43 bits per heavy atom. The summed E-state index contributed by atoms with van der Waals surface area (Å²) in [4.78, 5) is 46.6. The largest absolute Gasteiger partial charge is 0.463 e. The molecule has 0 spiro atoms. The van der Waals surface area contributed by atoms with E-state index in [1.54, 1.807) is 6.92 Å². The molecule has 0 saturated heterocycles. The van der Waals surface area contributed by atoms with Gasteiger partial charge in [0.1, 0.15) is 0 Å². The third-order valence-electron chi connectivity index (χ3n) is 3.52. The van der Waals surface area contributed by atoms with Crippen LogP contribution in [0.15, 0.2) is 24.3 Å². The maximum atomic E-state index is 12.2. The van der Waals surface area contributed by atoms with E-state index in [0.29, 0.717) is 0 Å². The van der Waals surface area contributed by atoms with Crippen molar-refractivity contribution in [1.29, 1.82) is 0 Å². The summed E-state index contributed by atoms with van der Waals surface area (Å²) in [5.41, 5.74) is -0.789. The van der Waals surface area contributed by atoms with Crippen molar-refractivity contribution in [2.75, 3.05) is 13.7 Å². The van der Waals surface area contributed by atoms with E-state index in [2.05, 4.69) is 11.3 Å². The van der Waals surface area contributed by atoms with E-state index in [1.807, 2.05) is 0 Å². The van der Waals surface area contributed by atoms with Gasteiger partial charge in [-0.3, -0.25) is 9.59 Å². The van der Waals surface area contributed by atoms with Gasteiger partial charge in [-0.15, -0.1) is 6.58 Å². The van der Waals surface area contributed by atoms with Gasteiger partial charge in [-0.2, -0.15) is 0 Å². The normalized spacial score (nSPS) is 21.0. The Morgan fingerprint density at radius 2 is 2.00 bits per heavy atom. The van der Waals surface area contributed by atoms with E-state index in [-0.39, 0.29) is 31.4 Å². The summed E-state index contributed by atoms with van der Waals surface area (Å²) >= 11 is 0. The highest BCUT2D eigenvalue weighted by Gasteiger charge is 2.42. The monoisotopic (exact) mass is 294 g/mol. The number of ether oxygens (including phenoxy) is 2. The van der Waals surface area contributed by atoms with Crippen LogP contribution in [0.3, 0.4) is 0 Å². The molecule has 1 aliphatic rings. The van der Waals surface area contributed by atoms with Gasteiger partial charge in [0, 0.05) is 5.57 Å². The van der Waals surface area contributed by atoms with Gasteiger partial charge in [-0.1, -0.05) is 12.2 Å². The maximum Gasteiger partial charge on any atom is 0.379 e. The van der Waals surface area contributed by atoms with Gasteiger partial charge in [0.05, 0.1) is 19.1 Å². The van der Waals surface area contributed by atoms with Gasteiger partial charge in [0.25, 0.3) is 5.78 Å². The molecular formula is C15H18O6. The van der Waals surface area contributed by atoms with Gasteiger partial charge in [0.2, 0.25) is 5.78 Å². The number of esters is 2. The van der Waals surface area contributed by atoms with Crippen LogP contribution in [-0.2, 0) is 28.7 Å². The number of Topliss-reactive ketones (excluding diaryl/α,β-unsaturated/α-hetero) is 2. The molecule has 0 fully saturated rings. The van der Waals surface area contributed by atoms with Crippen molar-refractivity contribution < 1.29 is 28.7 Å². The van der Waals surface area contributed by atoms with Crippen LogP contribution in [0.1, 0.15) is 26.2 Å². The highest BCUT2D eigenvalue weighted by atomic mass is 16.5. The SMILES string of the molecule is C=CC1(C(=O)C(=O)OCC)CC=C(C(=O)C(=O)OC)CC1. The fraction of sp³-hybridized carbons (Fsp3) is 0.467. The smallest absolute Gasteiger partial charge is 0.379 e. The predicted molar refractivity (Wildman–Crippen MR) is 73.2 cm³/mol. The lowest BCUT2D eigenvalue weighted by Crippen LogP contribution is -2.38. The van der Waals surface area contributed by atoms with Crippen LogP contribution in [0.2, 0.25) is 0 Å². The number of methoxy groups -OCH3 is 1. The second-order valence-electron chi connectivity index (χ2n) is 4.66. The summed E-state index contributed by atoms with van der Waals surface area (Å²) in [6, 6.07) is 0. The Balaban J connectivity index is 2.92. The zero-order chi connectivity index (χ0) is 16.0. The summed E-state index contributed by atoms with van der Waals surface area (Å²) in [5.74, 6) is -3.25. The molecule has 0 aromatic carbocycles. The van der Waals surface area contributed by atoms with Gasteiger partial charge < -0.3 is 9.47 Å². The van der Waals surface area contributed by atoms with Crippen molar-refractivity contribution in [1.82, 2.24) is 0 Å². The average Bonchev–Trinajstić information content (AvgIpc) is 2.52. The molecule has 0 aromatic rings. The molecule has 0 aromatic heterocycles. The zero-order valence-corrected chi connectivity index (χ0v) is 12.1. The minimum absolute atomic E-state index is 0.111. The zero-order valence-electron chi connectivity index (χ0n) is 12.1. The first-order valence-corrected chi connectivity index (χ1v) is 6.58. The molecule has 0 N–H and O–H groups in total. The van der Waals surface area contributed by atoms with Gasteiger partial charge in [0.15, 0.2) is 0 Å². The molecule has 6 heteroatoms. The first kappa shape index (κ1) is 16.8. The van der Waals surface area contributed by atoms with E-state index in [0.717, 1.165) is 7.11 Å². The van der Waals surface area contributed by atoms with Crippen LogP contribution in [0.25, 0.3) is 0 Å². The molecular weight excluding hydrogens is 276 g/mol. The van der Waals surface area contributed by atoms with Gasteiger partial charge >= 0.3 is 11.9 Å². The summed E-state index contributed by atoms with van der Waals surface area (Å²) in [6.45, 7) is 5.33. The van der Waals surface area contributed by atoms with E-state index < -0.39 is 28.9 Å². The van der Waals surface area contributed by atoms with E-state index >= 15 is 0 Å². The Kier molecular flexibility index (Phi) is 5.58. The quantitative estimate of drug-likeness (QED) is 0.415. The number of rotatable bonds is 6. The lowest BCUT2D eigenvalue weighted by atomic mass is 9.71. The first-order chi connectivity index (χ1) is 9.91. The van der Waals surface area contributed by atoms with Crippen LogP contribution in [0.4, 0.5) is 0 Å². The van der Waals surface area contributed by atoms with Crippen LogP contribution >= 0.6 is 0 Å². The molecule has 1 atom stereocenters. The lowest BCUT2D eigenvalue weighted by molar-refractivity contribution is -0.157. The standard InChI is InChI=1S/C15H18O6/c1-4-15(12(17)14(19)21-5-2)8-6-10(7-9-15)11(16)13(18)20-3/h4,6H,1,5,7-9H2,2-3H3. The van der Waals surface area contributed by atoms with Crippen molar-refractivity contribution in [3.63, 3.8) is 0 Å². The topological polar surface area (TPSA) is 86.7 Å². The molecule has 0 bridgehead atoms. The van der Waals surface area contributed by atoms with Gasteiger partial charge in [-0.25, -0.2) is 9.59 Å². The average molecular weight is 294 g/mol. The lowest BCUT2D eigenvalue weighted by Gasteiger charge is -2.30. The Morgan fingerprint density at radius 1 is 1.33 bits per heavy atom. The van der Waals surface area contributed by atoms with Crippen molar-refractivity contribution in [3.8, 4) is 0 Å². The van der Waals surface area contributed by atoms with Crippen LogP contribution in [0.5, 0.6) is 0 Å². The molecule has 1 aliphatic carbocycles. The number of hydrogen-bond acceptors (Lipinski definition) is 6. The summed E-state index contributed by atoms with van der Waals surface area (Å²) < 4.78 is 9.09. The summed E-state index contributed by atoms with van der Waals surface area (Å²) in [5, 5.41) is 0. The third kappa shape index (κ3) is 3.45. The predicted octanol–water partition coefficient (Wildman–Crippen LogP) is 1.14. The fourth-order valence-electron chi connectivity index (χ4n) is 2.18. The summed E-state index contributed by atoms with van der Waals surface area (Å²) in [7, 11) is 1.13. The minimum atomic E-state index is -1.08. The Labute approximate surface area is 122 Å². The maximum absolute atomic E-state index is 12.2. The molecule has 0 saturated carbocycles. The second-order valence-corrected chi connectivity index (χ2v) is 4.66. The molecule has 6 nitrogen and oxygen atoms in total. The second kappa shape index (κ2) is 6.97. The number of carbonyl (C=O) groups is 4. The number of allylic oxidation sites excluding steroid dienone is 2. The van der Waals surface area contributed by atoms with Crippen molar-refractivity contribution in [2.24, 2.45) is 5.41 Å². The third-order valence-corrected chi connectivity index (χ3v) is 3.52. The fourth-order valence-corrected chi connectivity index (χ4v) is 2.18. The van der Waals surface area contributed by atoms with Crippen LogP contribution in [0, 0.1) is 5.41 Å². The Bertz CT molecular complexity index is 516. The molecule has 114 valence electrons. The van der Waals surface area contributed by atoms with Crippen LogP contribution < -0.4 is 0 Å². The molecule has 21 heavy (non-hydrogen) atoms. The highest BCUT2D eigenvalue weighted by Crippen LogP contribution is 2.38. The number of ketones is 2. The molecule has 0 aliphatic heterocycles. The highest BCUT2D eigenvalue weighted by molar-refractivity contribution is 6.40. The minimum Gasteiger partial charge on any atom is -0.463 e.